The number of nitrogens with zero attached hydrogens (tertiary/aromatic N) is 5. The lowest BCUT2D eigenvalue weighted by atomic mass is 9.34. The van der Waals surface area contributed by atoms with Crippen molar-refractivity contribution in [1.82, 2.24) is 18.3 Å². The van der Waals surface area contributed by atoms with Gasteiger partial charge in [0.05, 0.1) is 72.6 Å². The lowest BCUT2D eigenvalue weighted by molar-refractivity contribution is 1.04. The van der Waals surface area contributed by atoms with Gasteiger partial charge in [0, 0.05) is 54.5 Å². The van der Waals surface area contributed by atoms with Gasteiger partial charge in [-0.1, -0.05) is 231 Å². The number of para-hydroxylation sites is 6. The van der Waals surface area contributed by atoms with Crippen LogP contribution in [0.3, 0.4) is 0 Å². The molecule has 88 heavy (non-hydrogen) atoms. The Morgan fingerprint density at radius 2 is 0.557 bits per heavy atom. The molecule has 19 aromatic rings. The average molecular weight is 1110 g/mol. The first-order valence-corrected chi connectivity index (χ1v) is 30.6. The molecule has 2 aliphatic heterocycles. The number of hydrogen-bond acceptors (Lipinski definition) is 1. The van der Waals surface area contributed by atoms with E-state index in [4.69, 9.17) is 0 Å². The molecular weight excluding hydrogens is 1070 g/mol. The second kappa shape index (κ2) is 17.1. The summed E-state index contributed by atoms with van der Waals surface area (Å²) in [6.45, 7) is -0.259. The number of fused-ring (bicyclic) bond motifs is 24. The third kappa shape index (κ3) is 5.82. The van der Waals surface area contributed by atoms with Gasteiger partial charge in [0.1, 0.15) is 0 Å². The molecule has 0 spiro atoms. The van der Waals surface area contributed by atoms with Gasteiger partial charge in [-0.25, -0.2) is 0 Å². The Balaban J connectivity index is 1.15. The highest BCUT2D eigenvalue weighted by Gasteiger charge is 2.47. The molecule has 5 nitrogen and oxygen atoms in total. The van der Waals surface area contributed by atoms with Crippen LogP contribution in [0.5, 0.6) is 0 Å². The Labute approximate surface area is 504 Å². The van der Waals surface area contributed by atoms with Gasteiger partial charge in [0.15, 0.2) is 0 Å². The molecule has 0 saturated carbocycles. The highest BCUT2D eigenvalue weighted by Crippen LogP contribution is 2.55. The largest absolute Gasteiger partial charge is 0.308 e. The fourth-order valence-electron chi connectivity index (χ4n) is 16.7. The predicted octanol–water partition coefficient (Wildman–Crippen LogP) is 19.3. The normalized spacial score (nSPS) is 12.8. The van der Waals surface area contributed by atoms with E-state index in [9.17, 15) is 0 Å². The monoisotopic (exact) mass is 1110 g/mol. The number of anilines is 3. The first-order chi connectivity index (χ1) is 43.8. The van der Waals surface area contributed by atoms with E-state index in [1.165, 1.54) is 125 Å². The van der Waals surface area contributed by atoms with E-state index in [0.717, 1.165) is 61.9 Å². The quantitative estimate of drug-likeness (QED) is 0.158. The molecule has 2 aliphatic rings. The maximum atomic E-state index is 2.75. The van der Waals surface area contributed by atoms with Gasteiger partial charge >= 0.3 is 0 Å². The summed E-state index contributed by atoms with van der Waals surface area (Å²) in [6, 6.07) is 110. The van der Waals surface area contributed by atoms with E-state index in [0.29, 0.717) is 0 Å². The number of hydrogen-bond donors (Lipinski definition) is 0. The Morgan fingerprint density at radius 3 is 0.943 bits per heavy atom. The number of aromatic nitrogens is 4. The number of benzene rings is 15. The van der Waals surface area contributed by atoms with E-state index in [1.54, 1.807) is 0 Å². The van der Waals surface area contributed by atoms with Crippen LogP contribution in [0, 0.1) is 0 Å². The van der Waals surface area contributed by atoms with E-state index in [2.05, 4.69) is 314 Å². The van der Waals surface area contributed by atoms with E-state index < -0.39 is 0 Å². The smallest absolute Gasteiger partial charge is 0.252 e. The maximum Gasteiger partial charge on any atom is 0.252 e. The van der Waals surface area contributed by atoms with Gasteiger partial charge in [0.2, 0.25) is 0 Å². The van der Waals surface area contributed by atoms with Gasteiger partial charge in [-0.05, 0) is 120 Å². The van der Waals surface area contributed by atoms with E-state index in [-0.39, 0.29) is 6.71 Å². The average Bonchev–Trinajstić information content (AvgIpc) is 1.38. The molecule has 0 aliphatic carbocycles. The maximum absolute atomic E-state index is 2.75. The van der Waals surface area contributed by atoms with E-state index >= 15 is 0 Å². The molecule has 6 heteroatoms. The summed E-state index contributed by atoms with van der Waals surface area (Å²) < 4.78 is 10.8. The van der Waals surface area contributed by atoms with Crippen molar-refractivity contribution >= 4 is 170 Å². The van der Waals surface area contributed by atoms with Crippen LogP contribution < -0.4 is 21.3 Å². The zero-order chi connectivity index (χ0) is 57.0. The summed E-state index contributed by atoms with van der Waals surface area (Å²) in [4.78, 5) is 2.60. The van der Waals surface area contributed by atoms with Crippen molar-refractivity contribution in [3.63, 3.8) is 0 Å². The van der Waals surface area contributed by atoms with Crippen molar-refractivity contribution in [2.45, 2.75) is 0 Å². The molecule has 15 aromatic carbocycles. The second-order valence-electron chi connectivity index (χ2n) is 24.2. The van der Waals surface area contributed by atoms with Crippen LogP contribution in [0.4, 0.5) is 17.1 Å². The van der Waals surface area contributed by atoms with Crippen molar-refractivity contribution in [3.05, 3.63) is 291 Å². The van der Waals surface area contributed by atoms with Crippen molar-refractivity contribution in [3.8, 4) is 22.7 Å². The van der Waals surface area contributed by atoms with Gasteiger partial charge in [-0.2, -0.15) is 0 Å². The Morgan fingerprint density at radius 1 is 0.239 bits per heavy atom. The molecular formula is C82H48BN5. The van der Waals surface area contributed by atoms with Crippen LogP contribution in [-0.4, -0.2) is 25.0 Å². The predicted molar refractivity (Wildman–Crippen MR) is 373 cm³/mol. The molecule has 0 bridgehead atoms. The molecule has 0 radical (unpaired) electrons. The van der Waals surface area contributed by atoms with Crippen LogP contribution >= 0.6 is 0 Å². The molecule has 0 fully saturated rings. The first kappa shape index (κ1) is 46.7. The van der Waals surface area contributed by atoms with Crippen LogP contribution in [0.2, 0.25) is 0 Å². The van der Waals surface area contributed by atoms with Gasteiger partial charge in [0.25, 0.3) is 6.71 Å². The zero-order valence-corrected chi connectivity index (χ0v) is 47.5. The van der Waals surface area contributed by atoms with Crippen molar-refractivity contribution in [2.75, 3.05) is 4.90 Å². The minimum absolute atomic E-state index is 0.259. The van der Waals surface area contributed by atoms with Crippen LogP contribution in [0.25, 0.3) is 153 Å². The summed E-state index contributed by atoms with van der Waals surface area (Å²) in [5.41, 5.74) is 20.9. The standard InChI is InChI=1S/C82H48BN5/c1-3-27-53(28-4-1)84(54-29-5-2-6-30-54)82-80(85-65-39-19-15-35-59(65)60-36-16-20-40-66(60)85)78-75-79(81(82)86-67-41-21-17-37-61(67)62-38-18-22-42-68(62)86)88-70-46-44-50-24-8-12-32-56(50)72(70)74-58-34-14-10-26-52(58)48-64(77(74)88)83(75)63-47-51-25-9-13-33-57(51)73-71-55-31-11-7-23-49(55)43-45-69(71)87(78)76(63)73/h1-48H. The molecule has 4 aromatic heterocycles. The molecule has 0 N–H and O–H groups in total. The zero-order valence-electron chi connectivity index (χ0n) is 47.5. The Kier molecular flexibility index (Phi) is 9.06. The molecule has 404 valence electrons. The molecule has 21 rings (SSSR count). The Hall–Kier alpha value is -11.6. The van der Waals surface area contributed by atoms with Crippen LogP contribution in [0.1, 0.15) is 0 Å². The molecule has 0 saturated heterocycles. The minimum atomic E-state index is -0.259. The SMILES string of the molecule is c1ccc(N(c2ccccc2)c2c(-n3c4ccccc4c4ccccc43)c3c4c(c2-n2c5ccccc5c5ccccc52)-n2c5ccc6ccccc6c5c5c6ccccc6cc(c52)B4c2cc4ccccc4c4c5c6ccccc6ccc5n-3c24)cc1. The minimum Gasteiger partial charge on any atom is -0.308 e. The van der Waals surface area contributed by atoms with Gasteiger partial charge in [-0.3, -0.25) is 0 Å². The van der Waals surface area contributed by atoms with Gasteiger partial charge in [-0.15, -0.1) is 0 Å². The molecule has 0 amide bonds. The summed E-state index contributed by atoms with van der Waals surface area (Å²) in [5, 5.41) is 19.8. The third-order valence-corrected chi connectivity index (χ3v) is 20.0. The van der Waals surface area contributed by atoms with Crippen molar-refractivity contribution in [1.29, 1.82) is 0 Å². The summed E-state index contributed by atoms with van der Waals surface area (Å²) in [7, 11) is 0. The van der Waals surface area contributed by atoms with Crippen molar-refractivity contribution in [2.24, 2.45) is 0 Å². The number of rotatable bonds is 5. The lowest BCUT2D eigenvalue weighted by Crippen LogP contribution is -2.60. The third-order valence-electron chi connectivity index (χ3n) is 20.0. The Bertz CT molecular complexity index is 5830. The highest BCUT2D eigenvalue weighted by atomic mass is 15.2. The second-order valence-corrected chi connectivity index (χ2v) is 24.2. The summed E-state index contributed by atoms with van der Waals surface area (Å²) in [5.74, 6) is 0. The first-order valence-electron chi connectivity index (χ1n) is 30.6. The van der Waals surface area contributed by atoms with Crippen LogP contribution in [-0.2, 0) is 0 Å². The molecule has 0 atom stereocenters. The lowest BCUT2D eigenvalue weighted by Gasteiger charge is -2.40. The van der Waals surface area contributed by atoms with Gasteiger partial charge < -0.3 is 23.2 Å². The fourth-order valence-corrected chi connectivity index (χ4v) is 16.7. The molecule has 6 heterocycles. The fraction of sp³-hybridized carbons (Fsp3) is 0. The van der Waals surface area contributed by atoms with E-state index in [1.807, 2.05) is 0 Å². The van der Waals surface area contributed by atoms with Crippen LogP contribution in [0.15, 0.2) is 291 Å². The highest BCUT2D eigenvalue weighted by molar-refractivity contribution is 7.01. The summed E-state index contributed by atoms with van der Waals surface area (Å²) >= 11 is 0. The summed E-state index contributed by atoms with van der Waals surface area (Å²) in [6.07, 6.45) is 0. The van der Waals surface area contributed by atoms with Crippen molar-refractivity contribution < 1.29 is 0 Å². The topological polar surface area (TPSA) is 23.0 Å². The molecule has 0 unspecified atom stereocenters.